The monoisotopic (exact) mass is 386 g/mol. The van der Waals surface area contributed by atoms with Crippen LogP contribution in [0.5, 0.6) is 0 Å². The zero-order valence-electron chi connectivity index (χ0n) is 15.2. The van der Waals surface area contributed by atoms with Crippen molar-refractivity contribution in [1.82, 2.24) is 0 Å². The second-order valence-electron chi connectivity index (χ2n) is 3.50. The minimum absolute atomic E-state index is 0. The van der Waals surface area contributed by atoms with Gasteiger partial charge in [0.15, 0.2) is 0 Å². The van der Waals surface area contributed by atoms with Crippen LogP contribution < -0.4 is 0 Å². The molecular weight excluding hydrogens is 356 g/mol. The number of rotatable bonds is 2. The summed E-state index contributed by atoms with van der Waals surface area (Å²) < 4.78 is 0. The van der Waals surface area contributed by atoms with Crippen molar-refractivity contribution in [1.29, 1.82) is 0 Å². The van der Waals surface area contributed by atoms with E-state index in [1.54, 1.807) is 13.8 Å². The molecule has 138 valence electrons. The molecule has 0 spiro atoms. The van der Waals surface area contributed by atoms with Crippen molar-refractivity contribution in [2.24, 2.45) is 0 Å². The quantitative estimate of drug-likeness (QED) is 0.562. The van der Waals surface area contributed by atoms with E-state index in [-0.39, 0.29) is 27.7 Å². The van der Waals surface area contributed by atoms with E-state index in [2.05, 4.69) is 24.3 Å². The van der Waals surface area contributed by atoms with Gasteiger partial charge in [-0.25, -0.2) is 24.3 Å². The molecule has 0 saturated heterocycles. The van der Waals surface area contributed by atoms with E-state index >= 15 is 0 Å². The van der Waals surface area contributed by atoms with Gasteiger partial charge in [0.05, 0.1) is 0 Å². The number of hydrogen-bond acceptors (Lipinski definition) is 2. The van der Waals surface area contributed by atoms with E-state index in [0.29, 0.717) is 0 Å². The Hall–Kier alpha value is -1.17. The molecule has 2 N–H and O–H groups in total. The maximum atomic E-state index is 9.37. The molecule has 2 aliphatic rings. The van der Waals surface area contributed by atoms with Crippen LogP contribution in [0.15, 0.2) is 36.5 Å². The molecule has 0 atom stereocenters. The van der Waals surface area contributed by atoms with Crippen molar-refractivity contribution < 1.29 is 39.0 Å². The van der Waals surface area contributed by atoms with Crippen LogP contribution in [0.4, 0.5) is 0 Å². The normalized spacial score (nSPS) is 10.5. The second-order valence-corrected chi connectivity index (χ2v) is 3.50. The van der Waals surface area contributed by atoms with Crippen LogP contribution in [-0.2, 0) is 28.8 Å². The van der Waals surface area contributed by atoms with Gasteiger partial charge in [0.25, 0.3) is 0 Å². The average molecular weight is 386 g/mol. The molecule has 6 heteroatoms. The molecule has 2 rings (SSSR count). The van der Waals surface area contributed by atoms with Crippen LogP contribution in [0.1, 0.15) is 39.5 Å². The molecule has 0 unspecified atom stereocenters. The summed E-state index contributed by atoms with van der Waals surface area (Å²) in [5, 5.41) is 15.4. The summed E-state index contributed by atoms with van der Waals surface area (Å²) in [6.07, 6.45) is 20.4. The summed E-state index contributed by atoms with van der Waals surface area (Å²) in [6, 6.07) is 0. The number of hydrogen-bond donors (Lipinski definition) is 2. The van der Waals surface area contributed by atoms with E-state index in [1.807, 2.05) is 51.1 Å². The molecule has 0 aliphatic heterocycles. The van der Waals surface area contributed by atoms with Gasteiger partial charge in [-0.2, -0.15) is 12.2 Å². The standard InChI is InChI=1S/2C5H5.2C3H6O2.2CH3.H2Si.Ti/c2*1-2-4-5-3-1;2*1-2-3(4)5;;;;/h2*1-3H,4H2;2*2H2,1H3,(H,4,5);2*1H3;1H2;/q2*-1;;;2*-1;;. The summed E-state index contributed by atoms with van der Waals surface area (Å²) >= 11 is 2.03. The molecule has 0 aromatic carbocycles. The number of carbonyl (C=O) groups is 2. The first-order chi connectivity index (χ1) is 10.5. The third-order valence-corrected chi connectivity index (χ3v) is 1.78. The van der Waals surface area contributed by atoms with Crippen molar-refractivity contribution >= 4 is 19.6 Å². The predicted octanol–water partition coefficient (Wildman–Crippen LogP) is 3.56. The second kappa shape index (κ2) is 33.4. The molecular formula is C18H30O4SiTi-4. The summed E-state index contributed by atoms with van der Waals surface area (Å²) in [7, 11) is 1.86. The molecule has 24 heavy (non-hydrogen) atoms. The van der Waals surface area contributed by atoms with E-state index in [4.69, 9.17) is 10.2 Å². The molecule has 0 fully saturated rings. The van der Waals surface area contributed by atoms with E-state index in [0.717, 1.165) is 12.8 Å². The predicted molar refractivity (Wildman–Crippen MR) is 100 cm³/mol. The Kier molecular flexibility index (Phi) is 47.7. The summed E-state index contributed by atoms with van der Waals surface area (Å²) in [4.78, 5) is 18.7. The average Bonchev–Trinajstić information content (AvgIpc) is 3.27. The van der Waals surface area contributed by atoms with Crippen LogP contribution in [-0.4, -0.2) is 29.8 Å². The Labute approximate surface area is 161 Å². The molecule has 0 heterocycles. The third kappa shape index (κ3) is 49.8. The van der Waals surface area contributed by atoms with Crippen LogP contribution >= 0.6 is 0 Å². The summed E-state index contributed by atoms with van der Waals surface area (Å²) in [6.45, 7) is 3.20. The fourth-order valence-corrected chi connectivity index (χ4v) is 0.680. The molecule has 0 bridgehead atoms. The molecule has 0 saturated carbocycles. The molecule has 4 nitrogen and oxygen atoms in total. The fraction of sp³-hybridized carbons (Fsp3) is 0.333. The van der Waals surface area contributed by atoms with Gasteiger partial charge in [-0.05, 0) is 0 Å². The fourth-order valence-electron chi connectivity index (χ4n) is 0.680. The molecule has 0 aromatic rings. The maximum absolute atomic E-state index is 9.37. The van der Waals surface area contributed by atoms with Gasteiger partial charge in [-0.1, -0.05) is 13.8 Å². The third-order valence-electron chi connectivity index (χ3n) is 1.78. The van der Waals surface area contributed by atoms with Gasteiger partial charge >= 0.3 is 38.7 Å². The van der Waals surface area contributed by atoms with Gasteiger partial charge in [0, 0.05) is 12.8 Å². The van der Waals surface area contributed by atoms with Gasteiger partial charge < -0.3 is 25.1 Å². The molecule has 0 aromatic heterocycles. The van der Waals surface area contributed by atoms with Crippen molar-refractivity contribution in [3.63, 3.8) is 0 Å². The number of carboxylic acids is 2. The van der Waals surface area contributed by atoms with Crippen molar-refractivity contribution in [2.45, 2.75) is 39.5 Å². The molecule has 0 amide bonds. The van der Waals surface area contributed by atoms with Crippen LogP contribution in [0, 0.1) is 27.0 Å². The van der Waals surface area contributed by atoms with Gasteiger partial charge in [-0.15, -0.1) is 12.8 Å². The van der Waals surface area contributed by atoms with E-state index in [1.165, 1.54) is 0 Å². The van der Waals surface area contributed by atoms with E-state index < -0.39 is 11.9 Å². The molecule has 2 aliphatic carbocycles. The SMILES string of the molecule is CCC(=O)O.CCC(=O)O.[C-]1=CC=CC1.[C-]1=CC=CC1.[CH3-].[CH3-].[SiH2]=[Ti]. The number of aliphatic carboxylic acids is 2. The van der Waals surface area contributed by atoms with Crippen LogP contribution in [0.25, 0.3) is 0 Å². The van der Waals surface area contributed by atoms with Gasteiger partial charge in [0.1, 0.15) is 0 Å². The first kappa shape index (κ1) is 34.2. The Balaban J connectivity index is -0.0000000629. The zero-order valence-corrected chi connectivity index (χ0v) is 18.2. The van der Waals surface area contributed by atoms with Crippen molar-refractivity contribution in [3.05, 3.63) is 63.5 Å². The van der Waals surface area contributed by atoms with Crippen molar-refractivity contribution in [2.75, 3.05) is 0 Å². The van der Waals surface area contributed by atoms with Crippen LogP contribution in [0.2, 0.25) is 0 Å². The van der Waals surface area contributed by atoms with E-state index in [9.17, 15) is 9.59 Å². The Morgan fingerprint density at radius 1 is 0.917 bits per heavy atom. The summed E-state index contributed by atoms with van der Waals surface area (Å²) in [5.74, 6) is -1.49. The number of carboxylic acid groups (broad SMARTS) is 2. The zero-order chi connectivity index (χ0) is 17.6. The first-order valence-electron chi connectivity index (χ1n) is 6.76. The topological polar surface area (TPSA) is 74.6 Å². The summed E-state index contributed by atoms with van der Waals surface area (Å²) in [5.41, 5.74) is 0. The van der Waals surface area contributed by atoms with Gasteiger partial charge in [-0.3, -0.25) is 21.7 Å². The van der Waals surface area contributed by atoms with Crippen LogP contribution in [0.3, 0.4) is 0 Å². The number of allylic oxidation sites excluding steroid dienone is 8. The Morgan fingerprint density at radius 3 is 1.21 bits per heavy atom. The minimum atomic E-state index is -0.745. The Bertz CT molecular complexity index is 332. The van der Waals surface area contributed by atoms with Gasteiger partial charge in [0.2, 0.25) is 0 Å². The molecule has 0 radical (unpaired) electrons. The first-order valence-corrected chi connectivity index (χ1v) is 10.8. The Morgan fingerprint density at radius 2 is 1.17 bits per heavy atom. The van der Waals surface area contributed by atoms with Crippen molar-refractivity contribution in [3.8, 4) is 0 Å².